The lowest BCUT2D eigenvalue weighted by Crippen LogP contribution is -2.54. The van der Waals surface area contributed by atoms with Crippen molar-refractivity contribution in [3.8, 4) is 0 Å². The van der Waals surface area contributed by atoms with Crippen LogP contribution in [-0.2, 0) is 32.6 Å². The first-order valence-electron chi connectivity index (χ1n) is 14.7. The molecule has 0 unspecified atom stereocenters. The molecule has 2 amide bonds. The molecule has 0 bridgehead atoms. The minimum absolute atomic E-state index is 0.0654. The number of benzene rings is 4. The Hall–Kier alpha value is -3.47. The lowest BCUT2D eigenvalue weighted by atomic mass is 10.0. The molecule has 0 aliphatic carbocycles. The summed E-state index contributed by atoms with van der Waals surface area (Å²) in [7, 11) is -4.16. The number of rotatable bonds is 13. The molecule has 0 aliphatic heterocycles. The number of hydrogen-bond acceptors (Lipinski definition) is 4. The fourth-order valence-electron chi connectivity index (χ4n) is 4.78. The van der Waals surface area contributed by atoms with Gasteiger partial charge in [0.15, 0.2) is 0 Å². The summed E-state index contributed by atoms with van der Waals surface area (Å²) in [5.74, 6) is -0.803. The Balaban J connectivity index is 1.80. The Morgan fingerprint density at radius 1 is 0.822 bits per heavy atom. The Kier molecular flexibility index (Phi) is 12.0. The van der Waals surface area contributed by atoms with E-state index < -0.39 is 28.5 Å². The van der Waals surface area contributed by atoms with Gasteiger partial charge in [-0.05, 0) is 73.9 Å². The molecule has 2 atom stereocenters. The molecule has 0 heterocycles. The first-order chi connectivity index (χ1) is 21.5. The quantitative estimate of drug-likeness (QED) is 0.156. The average molecular weight is 756 g/mol. The Labute approximate surface area is 283 Å². The monoisotopic (exact) mass is 753 g/mol. The van der Waals surface area contributed by atoms with E-state index >= 15 is 0 Å². The van der Waals surface area contributed by atoms with E-state index in [4.69, 9.17) is 0 Å². The van der Waals surface area contributed by atoms with Crippen molar-refractivity contribution in [1.82, 2.24) is 10.2 Å². The van der Waals surface area contributed by atoms with E-state index in [1.54, 1.807) is 36.4 Å². The van der Waals surface area contributed by atoms with Gasteiger partial charge in [0.05, 0.1) is 10.6 Å². The Morgan fingerprint density at radius 2 is 1.49 bits per heavy atom. The number of carbonyl (C=O) groups is 2. The van der Waals surface area contributed by atoms with Crippen molar-refractivity contribution in [1.29, 1.82) is 0 Å². The highest BCUT2D eigenvalue weighted by atomic mass is 79.9. The van der Waals surface area contributed by atoms with Crippen LogP contribution in [0.5, 0.6) is 0 Å². The third-order valence-electron chi connectivity index (χ3n) is 7.52. The molecule has 0 aliphatic rings. The second-order valence-corrected chi connectivity index (χ2v) is 14.7. The van der Waals surface area contributed by atoms with E-state index in [9.17, 15) is 18.0 Å². The first kappa shape index (κ1) is 34.4. The molecule has 0 spiro atoms. The van der Waals surface area contributed by atoms with E-state index in [2.05, 4.69) is 37.2 Å². The van der Waals surface area contributed by atoms with Crippen LogP contribution in [-0.4, -0.2) is 43.8 Å². The van der Waals surface area contributed by atoms with Crippen LogP contribution >= 0.6 is 31.9 Å². The molecule has 45 heavy (non-hydrogen) atoms. The summed E-state index contributed by atoms with van der Waals surface area (Å²) >= 11 is 6.91. The fraction of sp³-hybridized carbons (Fsp3) is 0.257. The Morgan fingerprint density at radius 3 is 2.11 bits per heavy atom. The van der Waals surface area contributed by atoms with Gasteiger partial charge < -0.3 is 10.2 Å². The van der Waals surface area contributed by atoms with Crippen LogP contribution in [0.1, 0.15) is 37.0 Å². The van der Waals surface area contributed by atoms with E-state index in [0.717, 1.165) is 31.9 Å². The van der Waals surface area contributed by atoms with Crippen molar-refractivity contribution < 1.29 is 18.0 Å². The van der Waals surface area contributed by atoms with Gasteiger partial charge in [-0.15, -0.1) is 0 Å². The summed E-state index contributed by atoms with van der Waals surface area (Å²) in [6, 6.07) is 29.4. The van der Waals surface area contributed by atoms with Crippen molar-refractivity contribution in [2.75, 3.05) is 10.8 Å². The molecule has 10 heteroatoms. The maximum Gasteiger partial charge on any atom is 0.264 e. The van der Waals surface area contributed by atoms with Crippen molar-refractivity contribution in [2.45, 2.75) is 57.1 Å². The summed E-state index contributed by atoms with van der Waals surface area (Å²) < 4.78 is 30.9. The number of amides is 2. The SMILES string of the molecule is CC[C@@H](C)NC(=O)[C@H](Cc1ccccc1)N(Cc1ccc(Br)cc1)C(=O)CN(c1cccc(Br)c1)S(=O)(=O)c1ccc(C)cc1. The van der Waals surface area contributed by atoms with Gasteiger partial charge >= 0.3 is 0 Å². The van der Waals surface area contributed by atoms with E-state index in [0.29, 0.717) is 10.2 Å². The van der Waals surface area contributed by atoms with Crippen molar-refractivity contribution >= 4 is 59.4 Å². The fourth-order valence-corrected chi connectivity index (χ4v) is 6.84. The minimum Gasteiger partial charge on any atom is -0.352 e. The standard InChI is InChI=1S/C35H37Br2N3O4S/c1-4-26(3)38-35(42)33(21-27-9-6-5-7-10-27)39(23-28-15-17-29(36)18-16-28)34(41)24-40(31-12-8-11-30(37)22-31)45(43,44)32-19-13-25(2)14-20-32/h5-20,22,26,33H,4,21,23-24H2,1-3H3,(H,38,42)/t26-,33+/m1/s1. The van der Waals surface area contributed by atoms with Gasteiger partial charge in [-0.1, -0.05) is 105 Å². The van der Waals surface area contributed by atoms with Crippen LogP contribution in [0.15, 0.2) is 117 Å². The van der Waals surface area contributed by atoms with Crippen molar-refractivity contribution in [2.24, 2.45) is 0 Å². The molecule has 0 radical (unpaired) electrons. The highest BCUT2D eigenvalue weighted by Gasteiger charge is 2.35. The molecule has 1 N–H and O–H groups in total. The molecule has 0 saturated heterocycles. The van der Waals surface area contributed by atoms with Gasteiger partial charge in [0, 0.05) is 28.0 Å². The van der Waals surface area contributed by atoms with Crippen LogP contribution < -0.4 is 9.62 Å². The lowest BCUT2D eigenvalue weighted by molar-refractivity contribution is -0.140. The average Bonchev–Trinajstić information content (AvgIpc) is 3.02. The summed E-state index contributed by atoms with van der Waals surface area (Å²) in [6.07, 6.45) is 0.975. The third kappa shape index (κ3) is 9.28. The number of halogens is 2. The topological polar surface area (TPSA) is 86.8 Å². The number of nitrogens with zero attached hydrogens (tertiary/aromatic N) is 2. The molecule has 7 nitrogen and oxygen atoms in total. The second-order valence-electron chi connectivity index (χ2n) is 11.0. The van der Waals surface area contributed by atoms with Crippen molar-refractivity contribution in [3.63, 3.8) is 0 Å². The normalized spacial score (nSPS) is 12.6. The summed E-state index contributed by atoms with van der Waals surface area (Å²) in [5.41, 5.74) is 2.92. The van der Waals surface area contributed by atoms with Gasteiger partial charge in [0.2, 0.25) is 11.8 Å². The molecule has 0 aromatic heterocycles. The van der Waals surface area contributed by atoms with Gasteiger partial charge in [0.1, 0.15) is 12.6 Å². The van der Waals surface area contributed by atoms with Crippen LogP contribution in [0.4, 0.5) is 5.69 Å². The second kappa shape index (κ2) is 15.7. The number of hydrogen-bond donors (Lipinski definition) is 1. The minimum atomic E-state index is -4.16. The molecule has 236 valence electrons. The molecule has 4 rings (SSSR count). The third-order valence-corrected chi connectivity index (χ3v) is 10.3. The summed E-state index contributed by atoms with van der Waals surface area (Å²) in [4.78, 5) is 30.0. The summed E-state index contributed by atoms with van der Waals surface area (Å²) in [6.45, 7) is 5.37. The number of sulfonamides is 1. The van der Waals surface area contributed by atoms with Gasteiger partial charge in [0.25, 0.3) is 10.0 Å². The lowest BCUT2D eigenvalue weighted by Gasteiger charge is -2.34. The largest absolute Gasteiger partial charge is 0.352 e. The smallest absolute Gasteiger partial charge is 0.264 e. The summed E-state index contributed by atoms with van der Waals surface area (Å²) in [5, 5.41) is 3.06. The number of aryl methyl sites for hydroxylation is 1. The number of carbonyl (C=O) groups excluding carboxylic acids is 2. The molecule has 4 aromatic carbocycles. The van der Waals surface area contributed by atoms with Gasteiger partial charge in [-0.2, -0.15) is 0 Å². The van der Waals surface area contributed by atoms with E-state index in [-0.39, 0.29) is 29.8 Å². The zero-order chi connectivity index (χ0) is 32.6. The molecule has 4 aromatic rings. The zero-order valence-electron chi connectivity index (χ0n) is 25.5. The molecular formula is C35H37Br2N3O4S. The highest BCUT2D eigenvalue weighted by molar-refractivity contribution is 9.10. The van der Waals surface area contributed by atoms with Gasteiger partial charge in [-0.3, -0.25) is 13.9 Å². The predicted octanol–water partition coefficient (Wildman–Crippen LogP) is 7.27. The van der Waals surface area contributed by atoms with Crippen LogP contribution in [0.2, 0.25) is 0 Å². The molecule has 0 fully saturated rings. The van der Waals surface area contributed by atoms with Crippen molar-refractivity contribution in [3.05, 3.63) is 129 Å². The number of nitrogens with one attached hydrogen (secondary N) is 1. The number of anilines is 1. The highest BCUT2D eigenvalue weighted by Crippen LogP contribution is 2.28. The maximum absolute atomic E-state index is 14.5. The van der Waals surface area contributed by atoms with E-state index in [1.807, 2.05) is 75.4 Å². The van der Waals surface area contributed by atoms with E-state index in [1.165, 1.54) is 17.0 Å². The van der Waals surface area contributed by atoms with Crippen LogP contribution in [0, 0.1) is 6.92 Å². The Bertz CT molecular complexity index is 1700. The first-order valence-corrected chi connectivity index (χ1v) is 17.7. The van der Waals surface area contributed by atoms with Crippen LogP contribution in [0.25, 0.3) is 0 Å². The van der Waals surface area contributed by atoms with Gasteiger partial charge in [-0.25, -0.2) is 8.42 Å². The molecule has 0 saturated carbocycles. The molecular weight excluding hydrogens is 718 g/mol. The maximum atomic E-state index is 14.5. The predicted molar refractivity (Wildman–Crippen MR) is 186 cm³/mol. The zero-order valence-corrected chi connectivity index (χ0v) is 29.5. The van der Waals surface area contributed by atoms with Crippen LogP contribution in [0.3, 0.4) is 0 Å².